The van der Waals surface area contributed by atoms with E-state index in [1.54, 1.807) is 23.5 Å². The monoisotopic (exact) mass is 263 g/mol. The van der Waals surface area contributed by atoms with Gasteiger partial charge in [-0.05, 0) is 41.6 Å². The van der Waals surface area contributed by atoms with Gasteiger partial charge in [0.05, 0.1) is 6.54 Å². The van der Waals surface area contributed by atoms with Gasteiger partial charge in [-0.2, -0.15) is 11.3 Å². The third-order valence-electron chi connectivity index (χ3n) is 2.59. The van der Waals surface area contributed by atoms with Crippen LogP contribution in [0, 0.1) is 5.82 Å². The molecular formula is C14H14FNOS. The van der Waals surface area contributed by atoms with Crippen molar-refractivity contribution in [2.24, 2.45) is 0 Å². The molecule has 0 bridgehead atoms. The molecule has 2 aromatic rings. The number of rotatable bonds is 5. The topological polar surface area (TPSA) is 20.3 Å². The minimum absolute atomic E-state index is 0.0628. The normalized spacial score (nSPS) is 10.8. The summed E-state index contributed by atoms with van der Waals surface area (Å²) >= 11 is 1.64. The van der Waals surface area contributed by atoms with Gasteiger partial charge in [-0.25, -0.2) is 4.39 Å². The number of carbonyl (C=O) groups is 1. The Kier molecular flexibility index (Phi) is 4.23. The third kappa shape index (κ3) is 3.48. The lowest BCUT2D eigenvalue weighted by atomic mass is 10.1. The molecule has 0 saturated carbocycles. The first kappa shape index (κ1) is 12.9. The van der Waals surface area contributed by atoms with Crippen molar-refractivity contribution in [1.82, 2.24) is 4.90 Å². The molecule has 0 amide bonds. The van der Waals surface area contributed by atoms with Crippen LogP contribution in [0.5, 0.6) is 0 Å². The molecule has 0 atom stereocenters. The van der Waals surface area contributed by atoms with Gasteiger partial charge < -0.3 is 0 Å². The fourth-order valence-corrected chi connectivity index (χ4v) is 2.41. The second-order valence-corrected chi connectivity index (χ2v) is 5.02. The highest BCUT2D eigenvalue weighted by atomic mass is 32.1. The SMILES string of the molecule is CN(CC(=O)c1cccc(F)c1)Cc1ccsc1. The van der Waals surface area contributed by atoms with E-state index in [0.717, 1.165) is 6.54 Å². The minimum atomic E-state index is -0.374. The number of likely N-dealkylation sites (N-methyl/N-ethyl adjacent to an activating group) is 1. The van der Waals surface area contributed by atoms with Gasteiger partial charge in [-0.3, -0.25) is 9.69 Å². The summed E-state index contributed by atoms with van der Waals surface area (Å²) in [6.07, 6.45) is 0. The molecule has 18 heavy (non-hydrogen) atoms. The first-order valence-corrected chi connectivity index (χ1v) is 6.58. The summed E-state index contributed by atoms with van der Waals surface area (Å²) < 4.78 is 13.0. The van der Waals surface area contributed by atoms with Crippen molar-refractivity contribution in [2.75, 3.05) is 13.6 Å². The molecule has 0 N–H and O–H groups in total. The average Bonchev–Trinajstić information content (AvgIpc) is 2.81. The number of ketones is 1. The number of hydrogen-bond donors (Lipinski definition) is 0. The lowest BCUT2D eigenvalue weighted by molar-refractivity contribution is 0.0942. The third-order valence-corrected chi connectivity index (χ3v) is 3.32. The molecule has 2 nitrogen and oxygen atoms in total. The largest absolute Gasteiger partial charge is 0.295 e. The van der Waals surface area contributed by atoms with Crippen LogP contribution < -0.4 is 0 Å². The smallest absolute Gasteiger partial charge is 0.176 e. The highest BCUT2D eigenvalue weighted by Crippen LogP contribution is 2.10. The molecule has 0 saturated heterocycles. The van der Waals surface area contributed by atoms with Gasteiger partial charge in [0.25, 0.3) is 0 Å². The van der Waals surface area contributed by atoms with Crippen molar-refractivity contribution in [1.29, 1.82) is 0 Å². The minimum Gasteiger partial charge on any atom is -0.295 e. The molecule has 94 valence electrons. The zero-order valence-electron chi connectivity index (χ0n) is 10.1. The Morgan fingerprint density at radius 3 is 2.89 bits per heavy atom. The molecule has 0 unspecified atom stereocenters. The Hall–Kier alpha value is -1.52. The van der Waals surface area contributed by atoms with Gasteiger partial charge in [0.15, 0.2) is 5.78 Å². The van der Waals surface area contributed by atoms with Crippen molar-refractivity contribution in [2.45, 2.75) is 6.54 Å². The van der Waals surface area contributed by atoms with E-state index >= 15 is 0 Å². The number of Topliss-reactive ketones (excluding diaryl/α,β-unsaturated/α-hetero) is 1. The Bertz CT molecular complexity index is 524. The molecule has 1 heterocycles. The molecule has 2 rings (SSSR count). The Morgan fingerprint density at radius 1 is 1.39 bits per heavy atom. The summed E-state index contributed by atoms with van der Waals surface area (Å²) in [5.74, 6) is -0.437. The lowest BCUT2D eigenvalue weighted by Gasteiger charge is -2.14. The zero-order chi connectivity index (χ0) is 13.0. The summed E-state index contributed by atoms with van der Waals surface area (Å²) in [4.78, 5) is 13.9. The second-order valence-electron chi connectivity index (χ2n) is 4.24. The molecule has 4 heteroatoms. The van der Waals surface area contributed by atoms with Crippen LogP contribution in [-0.4, -0.2) is 24.3 Å². The maximum absolute atomic E-state index is 13.0. The Labute approximate surface area is 110 Å². The Morgan fingerprint density at radius 2 is 2.22 bits per heavy atom. The standard InChI is InChI=1S/C14H14FNOS/c1-16(8-11-5-6-18-10-11)9-14(17)12-3-2-4-13(15)7-12/h2-7,10H,8-9H2,1H3. The van der Waals surface area contributed by atoms with Gasteiger partial charge >= 0.3 is 0 Å². The van der Waals surface area contributed by atoms with E-state index in [9.17, 15) is 9.18 Å². The Balaban J connectivity index is 1.95. The van der Waals surface area contributed by atoms with E-state index in [1.165, 1.54) is 17.7 Å². The number of thiophene rings is 1. The van der Waals surface area contributed by atoms with Gasteiger partial charge in [0.2, 0.25) is 0 Å². The van der Waals surface area contributed by atoms with Crippen LogP contribution in [0.25, 0.3) is 0 Å². The molecule has 1 aromatic heterocycles. The molecule has 0 aliphatic heterocycles. The molecule has 0 fully saturated rings. The zero-order valence-corrected chi connectivity index (χ0v) is 10.9. The summed E-state index contributed by atoms with van der Waals surface area (Å²) in [5.41, 5.74) is 1.61. The van der Waals surface area contributed by atoms with E-state index in [2.05, 4.69) is 5.38 Å². The molecular weight excluding hydrogens is 249 g/mol. The first-order chi connectivity index (χ1) is 8.65. The first-order valence-electron chi connectivity index (χ1n) is 5.63. The van der Waals surface area contributed by atoms with Crippen LogP contribution in [0.2, 0.25) is 0 Å². The molecule has 0 spiro atoms. The van der Waals surface area contributed by atoms with Crippen molar-refractivity contribution in [3.05, 3.63) is 58.0 Å². The van der Waals surface area contributed by atoms with E-state index in [0.29, 0.717) is 12.1 Å². The summed E-state index contributed by atoms with van der Waals surface area (Å²) in [6, 6.07) is 7.85. The van der Waals surface area contributed by atoms with E-state index in [-0.39, 0.29) is 11.6 Å². The fourth-order valence-electron chi connectivity index (χ4n) is 1.75. The number of nitrogens with zero attached hydrogens (tertiary/aromatic N) is 1. The quantitative estimate of drug-likeness (QED) is 0.772. The number of benzene rings is 1. The van der Waals surface area contributed by atoms with Crippen LogP contribution in [0.15, 0.2) is 41.1 Å². The van der Waals surface area contributed by atoms with E-state index in [4.69, 9.17) is 0 Å². The highest BCUT2D eigenvalue weighted by molar-refractivity contribution is 7.07. The van der Waals surface area contributed by atoms with Crippen LogP contribution in [0.4, 0.5) is 4.39 Å². The van der Waals surface area contributed by atoms with Gasteiger partial charge in [0, 0.05) is 12.1 Å². The maximum Gasteiger partial charge on any atom is 0.176 e. The van der Waals surface area contributed by atoms with Crippen LogP contribution >= 0.6 is 11.3 Å². The summed E-state index contributed by atoms with van der Waals surface area (Å²) in [6.45, 7) is 1.02. The van der Waals surface area contributed by atoms with Crippen molar-refractivity contribution < 1.29 is 9.18 Å². The molecule has 1 aromatic carbocycles. The fraction of sp³-hybridized carbons (Fsp3) is 0.214. The predicted molar refractivity (Wildman–Crippen MR) is 71.4 cm³/mol. The average molecular weight is 263 g/mol. The summed E-state index contributed by atoms with van der Waals surface area (Å²) in [7, 11) is 1.88. The number of carbonyl (C=O) groups excluding carboxylic acids is 1. The van der Waals surface area contributed by atoms with Crippen molar-refractivity contribution >= 4 is 17.1 Å². The van der Waals surface area contributed by atoms with Gasteiger partial charge in [-0.1, -0.05) is 12.1 Å². The number of halogens is 1. The summed E-state index contributed by atoms with van der Waals surface area (Å²) in [5, 5.41) is 4.07. The van der Waals surface area contributed by atoms with Crippen LogP contribution in [0.3, 0.4) is 0 Å². The molecule has 0 aliphatic rings. The van der Waals surface area contributed by atoms with Gasteiger partial charge in [-0.15, -0.1) is 0 Å². The molecule has 0 aliphatic carbocycles. The van der Waals surface area contributed by atoms with Crippen LogP contribution in [-0.2, 0) is 6.54 Å². The van der Waals surface area contributed by atoms with Crippen molar-refractivity contribution in [3.8, 4) is 0 Å². The maximum atomic E-state index is 13.0. The number of hydrogen-bond acceptors (Lipinski definition) is 3. The second kappa shape index (κ2) is 5.89. The molecule has 0 radical (unpaired) electrons. The highest BCUT2D eigenvalue weighted by Gasteiger charge is 2.10. The predicted octanol–water partition coefficient (Wildman–Crippen LogP) is 3.20. The van der Waals surface area contributed by atoms with E-state index < -0.39 is 0 Å². The van der Waals surface area contributed by atoms with Crippen LogP contribution in [0.1, 0.15) is 15.9 Å². The van der Waals surface area contributed by atoms with Crippen molar-refractivity contribution in [3.63, 3.8) is 0 Å². The van der Waals surface area contributed by atoms with E-state index in [1.807, 2.05) is 23.4 Å². The lowest BCUT2D eigenvalue weighted by Crippen LogP contribution is -2.25. The van der Waals surface area contributed by atoms with Gasteiger partial charge in [0.1, 0.15) is 5.82 Å².